The van der Waals surface area contributed by atoms with Crippen molar-refractivity contribution < 1.29 is 5.11 Å². The first kappa shape index (κ1) is 11.7. The first-order chi connectivity index (χ1) is 6.86. The van der Waals surface area contributed by atoms with Crippen LogP contribution in [0.2, 0.25) is 0 Å². The molecular weight excluding hydrogens is 194 g/mol. The van der Waals surface area contributed by atoms with Gasteiger partial charge in [0, 0.05) is 24.1 Å². The minimum Gasteiger partial charge on any atom is -0.396 e. The standard InChI is InChI=1S/C11H19NOS/c1-2-10(6-8-13)12-7-5-11-4-3-9-14-11/h3-4,9-10,12-13H,2,5-8H2,1H3. The van der Waals surface area contributed by atoms with Crippen molar-refractivity contribution in [2.24, 2.45) is 0 Å². The van der Waals surface area contributed by atoms with Gasteiger partial charge < -0.3 is 10.4 Å². The van der Waals surface area contributed by atoms with Crippen LogP contribution in [0.4, 0.5) is 0 Å². The van der Waals surface area contributed by atoms with Crippen LogP contribution in [0, 0.1) is 0 Å². The summed E-state index contributed by atoms with van der Waals surface area (Å²) < 4.78 is 0. The molecule has 0 aliphatic rings. The van der Waals surface area contributed by atoms with Crippen LogP contribution in [0.5, 0.6) is 0 Å². The molecule has 1 aromatic heterocycles. The molecule has 0 spiro atoms. The maximum absolute atomic E-state index is 8.81. The number of hydrogen-bond donors (Lipinski definition) is 2. The van der Waals surface area contributed by atoms with Gasteiger partial charge in [0.2, 0.25) is 0 Å². The topological polar surface area (TPSA) is 32.3 Å². The second kappa shape index (κ2) is 6.98. The highest BCUT2D eigenvalue weighted by molar-refractivity contribution is 7.09. The second-order valence-corrected chi connectivity index (χ2v) is 4.43. The molecule has 14 heavy (non-hydrogen) atoms. The number of hydrogen-bond acceptors (Lipinski definition) is 3. The summed E-state index contributed by atoms with van der Waals surface area (Å²) in [4.78, 5) is 1.43. The van der Waals surface area contributed by atoms with Crippen LogP contribution in [0.3, 0.4) is 0 Å². The highest BCUT2D eigenvalue weighted by atomic mass is 32.1. The molecule has 3 heteroatoms. The monoisotopic (exact) mass is 213 g/mol. The van der Waals surface area contributed by atoms with E-state index in [1.807, 2.05) is 0 Å². The molecule has 0 saturated carbocycles. The van der Waals surface area contributed by atoms with Crippen molar-refractivity contribution in [2.45, 2.75) is 32.2 Å². The second-order valence-electron chi connectivity index (χ2n) is 3.40. The maximum atomic E-state index is 8.81. The predicted octanol–water partition coefficient (Wildman–Crippen LogP) is 2.04. The number of aliphatic hydroxyl groups excluding tert-OH is 1. The highest BCUT2D eigenvalue weighted by Crippen LogP contribution is 2.08. The summed E-state index contributed by atoms with van der Waals surface area (Å²) >= 11 is 1.81. The van der Waals surface area contributed by atoms with Crippen molar-refractivity contribution in [2.75, 3.05) is 13.2 Å². The van der Waals surface area contributed by atoms with Crippen LogP contribution in [0.1, 0.15) is 24.6 Å². The van der Waals surface area contributed by atoms with Gasteiger partial charge in [0.1, 0.15) is 0 Å². The van der Waals surface area contributed by atoms with E-state index >= 15 is 0 Å². The molecule has 0 amide bonds. The number of nitrogens with one attached hydrogen (secondary N) is 1. The number of thiophene rings is 1. The van der Waals surface area contributed by atoms with Crippen LogP contribution in [0.15, 0.2) is 17.5 Å². The molecule has 0 radical (unpaired) electrons. The van der Waals surface area contributed by atoms with Gasteiger partial charge in [0.25, 0.3) is 0 Å². The van der Waals surface area contributed by atoms with Gasteiger partial charge in [-0.1, -0.05) is 13.0 Å². The molecule has 2 N–H and O–H groups in total. The third kappa shape index (κ3) is 4.22. The van der Waals surface area contributed by atoms with E-state index in [9.17, 15) is 0 Å². The van der Waals surface area contributed by atoms with Gasteiger partial charge in [-0.05, 0) is 30.7 Å². The lowest BCUT2D eigenvalue weighted by Gasteiger charge is -2.14. The third-order valence-corrected chi connectivity index (χ3v) is 3.29. The maximum Gasteiger partial charge on any atom is 0.0445 e. The Hall–Kier alpha value is -0.380. The summed E-state index contributed by atoms with van der Waals surface area (Å²) in [6.45, 7) is 3.45. The average Bonchev–Trinajstić information content (AvgIpc) is 2.69. The third-order valence-electron chi connectivity index (χ3n) is 2.35. The minimum absolute atomic E-state index is 0.282. The van der Waals surface area contributed by atoms with E-state index in [1.165, 1.54) is 4.88 Å². The Bertz CT molecular complexity index is 223. The van der Waals surface area contributed by atoms with Gasteiger partial charge in [-0.15, -0.1) is 11.3 Å². The molecule has 1 rings (SSSR count). The first-order valence-electron chi connectivity index (χ1n) is 5.23. The average molecular weight is 213 g/mol. The summed E-state index contributed by atoms with van der Waals surface area (Å²) in [5, 5.41) is 14.4. The Kier molecular flexibility index (Phi) is 5.83. The van der Waals surface area contributed by atoms with Crippen LogP contribution < -0.4 is 5.32 Å². The molecule has 1 atom stereocenters. The van der Waals surface area contributed by atoms with Crippen molar-refractivity contribution in [1.29, 1.82) is 0 Å². The van der Waals surface area contributed by atoms with Gasteiger partial charge in [-0.25, -0.2) is 0 Å². The molecular formula is C11H19NOS. The predicted molar refractivity (Wildman–Crippen MR) is 61.8 cm³/mol. The van der Waals surface area contributed by atoms with E-state index in [-0.39, 0.29) is 6.61 Å². The quantitative estimate of drug-likeness (QED) is 0.726. The van der Waals surface area contributed by atoms with Crippen molar-refractivity contribution in [3.63, 3.8) is 0 Å². The zero-order valence-electron chi connectivity index (χ0n) is 8.70. The van der Waals surface area contributed by atoms with Crippen molar-refractivity contribution >= 4 is 11.3 Å². The van der Waals surface area contributed by atoms with Gasteiger partial charge in [0.15, 0.2) is 0 Å². The van der Waals surface area contributed by atoms with E-state index < -0.39 is 0 Å². The molecule has 0 aromatic carbocycles. The van der Waals surface area contributed by atoms with Crippen molar-refractivity contribution in [3.8, 4) is 0 Å². The Balaban J connectivity index is 2.13. The van der Waals surface area contributed by atoms with Crippen LogP contribution in [-0.4, -0.2) is 24.3 Å². The first-order valence-corrected chi connectivity index (χ1v) is 6.11. The molecule has 0 aliphatic heterocycles. The largest absolute Gasteiger partial charge is 0.396 e. The molecule has 0 fully saturated rings. The normalized spacial score (nSPS) is 13.0. The van der Waals surface area contributed by atoms with E-state index in [0.717, 1.165) is 25.8 Å². The van der Waals surface area contributed by atoms with Gasteiger partial charge in [0.05, 0.1) is 0 Å². The van der Waals surface area contributed by atoms with E-state index in [4.69, 9.17) is 5.11 Å². The Morgan fingerprint density at radius 2 is 2.43 bits per heavy atom. The molecule has 80 valence electrons. The molecule has 2 nitrogen and oxygen atoms in total. The molecule has 0 saturated heterocycles. The van der Waals surface area contributed by atoms with E-state index in [0.29, 0.717) is 6.04 Å². The van der Waals surface area contributed by atoms with Crippen LogP contribution >= 0.6 is 11.3 Å². The molecule has 1 heterocycles. The molecule has 1 unspecified atom stereocenters. The lowest BCUT2D eigenvalue weighted by molar-refractivity contribution is 0.263. The summed E-state index contributed by atoms with van der Waals surface area (Å²) in [7, 11) is 0. The smallest absolute Gasteiger partial charge is 0.0445 e. The van der Waals surface area contributed by atoms with Crippen molar-refractivity contribution in [1.82, 2.24) is 5.32 Å². The molecule has 0 aliphatic carbocycles. The van der Waals surface area contributed by atoms with Gasteiger partial charge in [-0.2, -0.15) is 0 Å². The lowest BCUT2D eigenvalue weighted by atomic mass is 10.1. The van der Waals surface area contributed by atoms with E-state index in [1.54, 1.807) is 11.3 Å². The fourth-order valence-electron chi connectivity index (χ4n) is 1.46. The fraction of sp³-hybridized carbons (Fsp3) is 0.636. The summed E-state index contributed by atoms with van der Waals surface area (Å²) in [5.74, 6) is 0. The SMILES string of the molecule is CCC(CCO)NCCc1cccs1. The van der Waals surface area contributed by atoms with Crippen molar-refractivity contribution in [3.05, 3.63) is 22.4 Å². The minimum atomic E-state index is 0.282. The number of rotatable bonds is 7. The van der Waals surface area contributed by atoms with Crippen LogP contribution in [0.25, 0.3) is 0 Å². The Morgan fingerprint density at radius 1 is 1.57 bits per heavy atom. The number of aliphatic hydroxyl groups is 1. The van der Waals surface area contributed by atoms with Gasteiger partial charge in [-0.3, -0.25) is 0 Å². The molecule has 1 aromatic rings. The fourth-order valence-corrected chi connectivity index (χ4v) is 2.17. The zero-order chi connectivity index (χ0) is 10.2. The Morgan fingerprint density at radius 3 is 3.00 bits per heavy atom. The Labute approximate surface area is 90.0 Å². The summed E-state index contributed by atoms with van der Waals surface area (Å²) in [6.07, 6.45) is 3.05. The van der Waals surface area contributed by atoms with Crippen LogP contribution in [-0.2, 0) is 6.42 Å². The summed E-state index contributed by atoms with van der Waals surface area (Å²) in [6, 6.07) is 4.73. The highest BCUT2D eigenvalue weighted by Gasteiger charge is 2.03. The lowest BCUT2D eigenvalue weighted by Crippen LogP contribution is -2.30. The van der Waals surface area contributed by atoms with Gasteiger partial charge >= 0.3 is 0 Å². The van der Waals surface area contributed by atoms with E-state index in [2.05, 4.69) is 29.8 Å². The molecule has 0 bridgehead atoms. The zero-order valence-corrected chi connectivity index (χ0v) is 9.52. The summed E-state index contributed by atoms with van der Waals surface area (Å²) in [5.41, 5.74) is 0.